The van der Waals surface area contributed by atoms with Gasteiger partial charge in [0.15, 0.2) is 0 Å². The van der Waals surface area contributed by atoms with Crippen LogP contribution in [0.25, 0.3) is 0 Å². The van der Waals surface area contributed by atoms with Crippen LogP contribution >= 0.6 is 12.4 Å². The largest absolute Gasteiger partial charge is 0.390 e. The average Bonchev–Trinajstić information content (AvgIpc) is 3.37. The first-order chi connectivity index (χ1) is 21.4. The van der Waals surface area contributed by atoms with E-state index in [0.29, 0.717) is 58.8 Å². The Bertz CT molecular complexity index is 1450. The van der Waals surface area contributed by atoms with Gasteiger partial charge in [-0.15, -0.1) is 12.4 Å². The van der Waals surface area contributed by atoms with Crippen LogP contribution in [-0.4, -0.2) is 113 Å². The van der Waals surface area contributed by atoms with Gasteiger partial charge in [0.1, 0.15) is 11.6 Å². The summed E-state index contributed by atoms with van der Waals surface area (Å²) in [5, 5.41) is 21.2. The van der Waals surface area contributed by atoms with Crippen molar-refractivity contribution in [1.29, 1.82) is 0 Å². The van der Waals surface area contributed by atoms with Crippen LogP contribution in [0.4, 0.5) is 0 Å². The summed E-state index contributed by atoms with van der Waals surface area (Å²) in [6.07, 6.45) is 1.56. The first kappa shape index (κ1) is 36.3. The van der Waals surface area contributed by atoms with Gasteiger partial charge in [0.2, 0.25) is 21.8 Å². The number of likely N-dealkylation sites (tertiary alicyclic amines) is 1. The van der Waals surface area contributed by atoms with Gasteiger partial charge >= 0.3 is 0 Å². The number of unbranched alkanes of at least 4 members (excludes halogenated alkanes) is 1. The molecule has 5 rings (SSSR count). The second kappa shape index (κ2) is 14.7. The van der Waals surface area contributed by atoms with Gasteiger partial charge in [0.25, 0.3) is 0 Å². The van der Waals surface area contributed by atoms with Crippen LogP contribution in [0.5, 0.6) is 0 Å². The number of rotatable bonds is 10. The van der Waals surface area contributed by atoms with Crippen LogP contribution in [0, 0.1) is 19.8 Å². The van der Waals surface area contributed by atoms with Crippen molar-refractivity contribution >= 4 is 34.2 Å². The zero-order valence-electron chi connectivity index (χ0n) is 27.5. The molecule has 1 aromatic carbocycles. The number of sulfonamides is 1. The zero-order chi connectivity index (χ0) is 32.5. The third-order valence-electron chi connectivity index (χ3n) is 9.77. The van der Waals surface area contributed by atoms with E-state index in [1.54, 1.807) is 17.0 Å². The Hall–Kier alpha value is -2.55. The van der Waals surface area contributed by atoms with E-state index in [0.717, 1.165) is 35.4 Å². The number of hydrogen-bond acceptors (Lipinski definition) is 8. The molecule has 1 aromatic heterocycles. The van der Waals surface area contributed by atoms with Crippen molar-refractivity contribution < 1.29 is 27.9 Å². The molecule has 1 spiro atoms. The van der Waals surface area contributed by atoms with E-state index in [9.17, 15) is 23.1 Å². The molecule has 0 aliphatic carbocycles. The Morgan fingerprint density at radius 2 is 1.70 bits per heavy atom. The summed E-state index contributed by atoms with van der Waals surface area (Å²) >= 11 is 0. The number of morpholine rings is 1. The molecule has 3 aliphatic rings. The molecule has 46 heavy (non-hydrogen) atoms. The molecule has 3 aliphatic heterocycles. The Morgan fingerprint density at radius 3 is 2.24 bits per heavy atom. The highest BCUT2D eigenvalue weighted by Crippen LogP contribution is 2.40. The Morgan fingerprint density at radius 1 is 1.07 bits per heavy atom. The smallest absolute Gasteiger partial charge is 0.248 e. The van der Waals surface area contributed by atoms with E-state index >= 15 is 0 Å². The van der Waals surface area contributed by atoms with E-state index in [-0.39, 0.29) is 41.1 Å². The maximum Gasteiger partial charge on any atom is 0.248 e. The van der Waals surface area contributed by atoms with Gasteiger partial charge in [-0.05, 0) is 56.7 Å². The summed E-state index contributed by atoms with van der Waals surface area (Å²) in [6, 6.07) is 5.90. The number of nitrogens with zero attached hydrogens (tertiary/aromatic N) is 4. The summed E-state index contributed by atoms with van der Waals surface area (Å²) in [6.45, 7) is 12.6. The molecule has 3 saturated heterocycles. The van der Waals surface area contributed by atoms with Crippen LogP contribution in [0.3, 0.4) is 0 Å². The number of aliphatic hydroxyl groups is 1. The maximum atomic E-state index is 13.9. The molecule has 2 amide bonds. The molecule has 4 heterocycles. The molecule has 12 nitrogen and oxygen atoms in total. The molecule has 0 radical (unpaired) electrons. The normalized spacial score (nSPS) is 22.5. The highest BCUT2D eigenvalue weighted by atomic mass is 35.5. The van der Waals surface area contributed by atoms with Crippen molar-refractivity contribution in [2.75, 3.05) is 45.9 Å². The monoisotopic (exact) mass is 680 g/mol. The Kier molecular flexibility index (Phi) is 11.6. The number of nitrogens with one attached hydrogen (secondary N) is 2. The standard InChI is InChI=1S/C32H48N6O6S.ClH/c1-6-7-14-38-30(40)27(29(39)21(2)3)33-31(41)32(38)12-15-36(16-13-32)28(26-22(4)34-35-23(26)5)24-8-10-25(11-9-24)45(42,43)37-17-19-44-20-18-37;/h8-11,21,27-29,39H,6-7,12-20H2,1-5H3,(H,33,41)(H,34,35);1H/t27-,28?,29-;/m1./s1. The minimum Gasteiger partial charge on any atom is -0.390 e. The van der Waals surface area contributed by atoms with E-state index in [1.807, 2.05) is 39.8 Å². The molecule has 256 valence electrons. The van der Waals surface area contributed by atoms with E-state index in [1.165, 1.54) is 4.31 Å². The predicted molar refractivity (Wildman–Crippen MR) is 176 cm³/mol. The molecule has 3 fully saturated rings. The number of ether oxygens (including phenoxy) is 1. The third kappa shape index (κ3) is 6.72. The van der Waals surface area contributed by atoms with Crippen LogP contribution in [0.15, 0.2) is 29.2 Å². The number of halogens is 1. The second-order valence-corrected chi connectivity index (χ2v) is 14.9. The number of hydrogen-bond donors (Lipinski definition) is 3. The number of aromatic amines is 1. The number of H-pyrrole nitrogens is 1. The summed E-state index contributed by atoms with van der Waals surface area (Å²) in [4.78, 5) is 31.9. The Labute approximate surface area is 278 Å². The lowest BCUT2D eigenvalue weighted by Crippen LogP contribution is -2.75. The van der Waals surface area contributed by atoms with Crippen LogP contribution in [0.1, 0.15) is 75.0 Å². The van der Waals surface area contributed by atoms with E-state index < -0.39 is 27.7 Å². The minimum atomic E-state index is -3.64. The van der Waals surface area contributed by atoms with Gasteiger partial charge in [-0.1, -0.05) is 39.3 Å². The van der Waals surface area contributed by atoms with Gasteiger partial charge in [-0.2, -0.15) is 9.40 Å². The number of carbonyl (C=O) groups is 2. The summed E-state index contributed by atoms with van der Waals surface area (Å²) in [5.41, 5.74) is 2.72. The summed E-state index contributed by atoms with van der Waals surface area (Å²) < 4.78 is 33.4. The van der Waals surface area contributed by atoms with Gasteiger partial charge in [0, 0.05) is 44.0 Å². The second-order valence-electron chi connectivity index (χ2n) is 12.9. The summed E-state index contributed by atoms with van der Waals surface area (Å²) in [5.74, 6) is -0.596. The lowest BCUT2D eigenvalue weighted by molar-refractivity contribution is -0.165. The highest BCUT2D eigenvalue weighted by molar-refractivity contribution is 7.89. The molecule has 14 heteroatoms. The molecule has 0 bridgehead atoms. The fourth-order valence-electron chi connectivity index (χ4n) is 7.03. The number of aryl methyl sites for hydroxylation is 2. The number of benzene rings is 1. The third-order valence-corrected chi connectivity index (χ3v) is 11.7. The van der Waals surface area contributed by atoms with Crippen molar-refractivity contribution in [3.63, 3.8) is 0 Å². The van der Waals surface area contributed by atoms with Crippen molar-refractivity contribution in [2.45, 2.75) is 88.9 Å². The lowest BCUT2D eigenvalue weighted by Gasteiger charge is -2.53. The molecule has 3 N–H and O–H groups in total. The number of carbonyl (C=O) groups excluding carboxylic acids is 2. The van der Waals surface area contributed by atoms with Crippen molar-refractivity contribution in [1.82, 2.24) is 29.6 Å². The average molecular weight is 681 g/mol. The first-order valence-electron chi connectivity index (χ1n) is 16.2. The van der Waals surface area contributed by atoms with Crippen molar-refractivity contribution in [2.24, 2.45) is 5.92 Å². The number of piperidine rings is 1. The first-order valence-corrected chi connectivity index (χ1v) is 17.6. The van der Waals surface area contributed by atoms with Crippen molar-refractivity contribution in [3.8, 4) is 0 Å². The summed E-state index contributed by atoms with van der Waals surface area (Å²) in [7, 11) is -3.64. The predicted octanol–water partition coefficient (Wildman–Crippen LogP) is 2.54. The molecule has 1 unspecified atom stereocenters. The minimum absolute atomic E-state index is 0. The zero-order valence-corrected chi connectivity index (χ0v) is 29.1. The van der Waals surface area contributed by atoms with Gasteiger partial charge in [-0.3, -0.25) is 19.6 Å². The van der Waals surface area contributed by atoms with Crippen LogP contribution in [-0.2, 0) is 24.3 Å². The quantitative estimate of drug-likeness (QED) is 0.347. The fourth-order valence-corrected chi connectivity index (χ4v) is 8.43. The van der Waals surface area contributed by atoms with Gasteiger partial charge in [-0.25, -0.2) is 8.42 Å². The fraction of sp³-hybridized carbons (Fsp3) is 0.656. The molecule has 0 saturated carbocycles. The Balaban J connectivity index is 0.00000480. The van der Waals surface area contributed by atoms with E-state index in [2.05, 4.69) is 27.3 Å². The number of aliphatic hydroxyl groups excluding tert-OH is 1. The lowest BCUT2D eigenvalue weighted by atomic mass is 9.79. The molecular weight excluding hydrogens is 632 g/mol. The van der Waals surface area contributed by atoms with E-state index in [4.69, 9.17) is 4.74 Å². The molecular formula is C32H49ClN6O6S. The molecule has 3 atom stereocenters. The number of aromatic nitrogens is 2. The van der Waals surface area contributed by atoms with Gasteiger partial charge < -0.3 is 20.1 Å². The van der Waals surface area contributed by atoms with Crippen LogP contribution in [0.2, 0.25) is 0 Å². The van der Waals surface area contributed by atoms with Crippen molar-refractivity contribution in [3.05, 3.63) is 46.8 Å². The van der Waals surface area contributed by atoms with Gasteiger partial charge in [0.05, 0.1) is 35.9 Å². The number of piperazine rings is 1. The maximum absolute atomic E-state index is 13.9. The highest BCUT2D eigenvalue weighted by Gasteiger charge is 2.55. The molecule has 2 aromatic rings. The van der Waals surface area contributed by atoms with Crippen LogP contribution < -0.4 is 5.32 Å². The number of amides is 2. The SMILES string of the molecule is CCCCN1C(=O)[C@@H]([C@H](O)C(C)C)NC(=O)C12CCN(C(c1ccc(S(=O)(=O)N3CCOCC3)cc1)c1c(C)n[nH]c1C)CC2.Cl. The topological polar surface area (TPSA) is 148 Å².